The van der Waals surface area contributed by atoms with Gasteiger partial charge in [0.15, 0.2) is 11.2 Å². The van der Waals surface area contributed by atoms with Crippen molar-refractivity contribution < 1.29 is 23.9 Å². The van der Waals surface area contributed by atoms with Crippen LogP contribution in [-0.4, -0.2) is 60.4 Å². The summed E-state index contributed by atoms with van der Waals surface area (Å²) in [4.78, 5) is 50.3. The highest BCUT2D eigenvalue weighted by Crippen LogP contribution is 2.38. The number of fused-ring (bicyclic) bond motifs is 2. The summed E-state index contributed by atoms with van der Waals surface area (Å²) in [6, 6.07) is 9.92. The van der Waals surface area contributed by atoms with Crippen LogP contribution in [0.3, 0.4) is 0 Å². The molecule has 2 aromatic carbocycles. The van der Waals surface area contributed by atoms with Gasteiger partial charge in [0.1, 0.15) is 5.82 Å². The Balaban J connectivity index is 1.16. The molecule has 1 unspecified atom stereocenters. The van der Waals surface area contributed by atoms with Gasteiger partial charge in [-0.1, -0.05) is 24.3 Å². The summed E-state index contributed by atoms with van der Waals surface area (Å²) in [5, 5.41) is 14.2. The van der Waals surface area contributed by atoms with Gasteiger partial charge in [0, 0.05) is 48.0 Å². The quantitative estimate of drug-likeness (QED) is 0.311. The van der Waals surface area contributed by atoms with Crippen molar-refractivity contribution in [1.82, 2.24) is 24.3 Å². The van der Waals surface area contributed by atoms with Gasteiger partial charge in [-0.15, -0.1) is 11.3 Å². The highest BCUT2D eigenvalue weighted by molar-refractivity contribution is 7.13. The molecule has 43 heavy (non-hydrogen) atoms. The number of benzene rings is 2. The van der Waals surface area contributed by atoms with E-state index in [2.05, 4.69) is 15.3 Å². The number of amides is 3. The highest BCUT2D eigenvalue weighted by Gasteiger charge is 2.42. The molecule has 3 aliphatic rings. The van der Waals surface area contributed by atoms with Gasteiger partial charge < -0.3 is 19.5 Å². The standard InChI is InChI=1S/C31H29FN6O4S/c32-24-15-21(19-5-3-18(4-6-19)20-7-11-36(12-8-20)31(41)42)14-22-23(24)16-38(29(22)40)27(28(39)35-30-33-9-13-43-30)26-25-2-1-10-37(25)17-34-26/h3-6,9,13-15,17,20,27H,1-2,7-8,10-12,16H2,(H,41,42)(H,33,35,39). The molecule has 12 heteroatoms. The van der Waals surface area contributed by atoms with Gasteiger partial charge in [-0.25, -0.2) is 19.2 Å². The number of aromatic nitrogens is 3. The van der Waals surface area contributed by atoms with Gasteiger partial charge in [0.25, 0.3) is 11.8 Å². The third-order valence-corrected chi connectivity index (χ3v) is 9.46. The first-order valence-electron chi connectivity index (χ1n) is 14.3. The number of hydrogen-bond donors (Lipinski definition) is 2. The number of thiazole rings is 1. The van der Waals surface area contributed by atoms with Crippen LogP contribution in [0.25, 0.3) is 11.1 Å². The lowest BCUT2D eigenvalue weighted by molar-refractivity contribution is -0.121. The number of hydrogen-bond acceptors (Lipinski definition) is 6. The number of carbonyl (C=O) groups excluding carboxylic acids is 2. The summed E-state index contributed by atoms with van der Waals surface area (Å²) in [5.74, 6) is -1.09. The largest absolute Gasteiger partial charge is 0.465 e. The second-order valence-corrected chi connectivity index (χ2v) is 12.1. The Hall–Kier alpha value is -4.58. The fraction of sp³-hybridized carbons (Fsp3) is 0.323. The number of likely N-dealkylation sites (tertiary alicyclic amines) is 1. The van der Waals surface area contributed by atoms with Crippen LogP contribution in [-0.2, 0) is 24.3 Å². The van der Waals surface area contributed by atoms with Crippen LogP contribution in [0, 0.1) is 5.82 Å². The molecule has 7 rings (SSSR count). The number of halogens is 1. The third kappa shape index (κ3) is 4.95. The summed E-state index contributed by atoms with van der Waals surface area (Å²) in [6.07, 6.45) is 5.58. The number of carbonyl (C=O) groups is 3. The molecule has 0 bridgehead atoms. The second kappa shape index (κ2) is 10.9. The number of carboxylic acid groups (broad SMARTS) is 1. The van der Waals surface area contributed by atoms with Crippen molar-refractivity contribution in [3.63, 3.8) is 0 Å². The Morgan fingerprint density at radius 1 is 1.07 bits per heavy atom. The van der Waals surface area contributed by atoms with Gasteiger partial charge in [-0.3, -0.25) is 14.9 Å². The number of nitrogens with one attached hydrogen (secondary N) is 1. The number of aryl methyl sites for hydroxylation is 1. The van der Waals surface area contributed by atoms with Crippen molar-refractivity contribution in [3.05, 3.63) is 88.2 Å². The first-order valence-corrected chi connectivity index (χ1v) is 15.2. The number of anilines is 1. The molecular formula is C31H29FN6O4S. The average Bonchev–Trinajstić information content (AvgIpc) is 3.82. The van der Waals surface area contributed by atoms with Crippen LogP contribution in [0.15, 0.2) is 54.3 Å². The molecule has 10 nitrogen and oxygen atoms in total. The van der Waals surface area contributed by atoms with E-state index in [1.54, 1.807) is 24.0 Å². The zero-order valence-electron chi connectivity index (χ0n) is 23.2. The van der Waals surface area contributed by atoms with E-state index >= 15 is 4.39 Å². The van der Waals surface area contributed by atoms with Crippen molar-refractivity contribution in [2.24, 2.45) is 0 Å². The normalized spacial score (nSPS) is 17.2. The smallest absolute Gasteiger partial charge is 0.407 e. The second-order valence-electron chi connectivity index (χ2n) is 11.2. The Morgan fingerprint density at radius 2 is 1.86 bits per heavy atom. The Bertz CT molecular complexity index is 1710. The highest BCUT2D eigenvalue weighted by atomic mass is 32.1. The van der Waals surface area contributed by atoms with Gasteiger partial charge >= 0.3 is 6.09 Å². The van der Waals surface area contributed by atoms with E-state index in [0.29, 0.717) is 29.5 Å². The molecule has 1 saturated heterocycles. The van der Waals surface area contributed by atoms with Gasteiger partial charge in [0.05, 0.1) is 18.6 Å². The van der Waals surface area contributed by atoms with Crippen molar-refractivity contribution in [3.8, 4) is 11.1 Å². The van der Waals surface area contributed by atoms with Crippen LogP contribution in [0.4, 0.5) is 14.3 Å². The Labute approximate surface area is 250 Å². The molecule has 1 fully saturated rings. The van der Waals surface area contributed by atoms with Crippen LogP contribution in [0.2, 0.25) is 0 Å². The van der Waals surface area contributed by atoms with E-state index in [1.165, 1.54) is 27.2 Å². The predicted octanol–water partition coefficient (Wildman–Crippen LogP) is 5.29. The summed E-state index contributed by atoms with van der Waals surface area (Å²) >= 11 is 1.28. The summed E-state index contributed by atoms with van der Waals surface area (Å²) in [6.45, 7) is 1.76. The van der Waals surface area contributed by atoms with Crippen LogP contribution in [0.1, 0.15) is 64.1 Å². The molecule has 0 radical (unpaired) electrons. The minimum Gasteiger partial charge on any atom is -0.465 e. The zero-order chi connectivity index (χ0) is 29.7. The molecule has 3 amide bonds. The van der Waals surface area contributed by atoms with Crippen molar-refractivity contribution in [2.45, 2.75) is 50.7 Å². The van der Waals surface area contributed by atoms with E-state index in [1.807, 2.05) is 28.8 Å². The van der Waals surface area contributed by atoms with Crippen LogP contribution < -0.4 is 5.32 Å². The molecule has 4 aromatic rings. The molecule has 1 atom stereocenters. The van der Waals surface area contributed by atoms with Gasteiger partial charge in [-0.2, -0.15) is 0 Å². The van der Waals surface area contributed by atoms with Crippen LogP contribution in [0.5, 0.6) is 0 Å². The topological polar surface area (TPSA) is 121 Å². The summed E-state index contributed by atoms with van der Waals surface area (Å²) < 4.78 is 17.6. The number of imidazole rings is 1. The van der Waals surface area contributed by atoms with Crippen molar-refractivity contribution in [1.29, 1.82) is 0 Å². The number of piperidine rings is 1. The fourth-order valence-electron chi connectivity index (χ4n) is 6.52. The van der Waals surface area contributed by atoms with E-state index in [9.17, 15) is 19.5 Å². The lowest BCUT2D eigenvalue weighted by atomic mass is 9.88. The van der Waals surface area contributed by atoms with Gasteiger partial charge in [-0.05, 0) is 60.4 Å². The van der Waals surface area contributed by atoms with E-state index in [4.69, 9.17) is 0 Å². The lowest BCUT2D eigenvalue weighted by Crippen LogP contribution is -2.38. The Morgan fingerprint density at radius 3 is 2.58 bits per heavy atom. The van der Waals surface area contributed by atoms with Crippen LogP contribution >= 0.6 is 11.3 Å². The summed E-state index contributed by atoms with van der Waals surface area (Å²) in [7, 11) is 0. The van der Waals surface area contributed by atoms with Crippen molar-refractivity contribution >= 4 is 34.4 Å². The van der Waals surface area contributed by atoms with Crippen molar-refractivity contribution in [2.75, 3.05) is 18.4 Å². The van der Waals surface area contributed by atoms with Gasteiger partial charge in [0.2, 0.25) is 0 Å². The first-order chi connectivity index (χ1) is 20.9. The predicted molar refractivity (Wildman–Crippen MR) is 157 cm³/mol. The molecule has 2 aromatic heterocycles. The maximum atomic E-state index is 15.6. The van der Waals surface area contributed by atoms with E-state index in [0.717, 1.165) is 49.0 Å². The minimum absolute atomic E-state index is 0.0451. The molecule has 2 N–H and O–H groups in total. The number of nitrogens with zero attached hydrogens (tertiary/aromatic N) is 5. The molecular weight excluding hydrogens is 571 g/mol. The maximum absolute atomic E-state index is 15.6. The molecule has 5 heterocycles. The lowest BCUT2D eigenvalue weighted by Gasteiger charge is -2.30. The molecule has 0 spiro atoms. The first kappa shape index (κ1) is 27.3. The monoisotopic (exact) mass is 600 g/mol. The van der Waals surface area contributed by atoms with E-state index in [-0.39, 0.29) is 23.6 Å². The minimum atomic E-state index is -1.03. The molecule has 0 aliphatic carbocycles. The summed E-state index contributed by atoms with van der Waals surface area (Å²) in [5.41, 5.74) is 4.38. The molecule has 3 aliphatic heterocycles. The maximum Gasteiger partial charge on any atom is 0.407 e. The third-order valence-electron chi connectivity index (χ3n) is 8.77. The fourth-order valence-corrected chi connectivity index (χ4v) is 7.05. The average molecular weight is 601 g/mol. The van der Waals surface area contributed by atoms with E-state index < -0.39 is 29.8 Å². The molecule has 0 saturated carbocycles. The molecule has 220 valence electrons. The number of rotatable bonds is 6. The zero-order valence-corrected chi connectivity index (χ0v) is 24.0. The Kier molecular flexibility index (Phi) is 6.92. The SMILES string of the molecule is O=C(Nc1nccs1)C(c1ncn2c1CCC2)N1Cc2c(F)cc(-c3ccc(C4CCN(C(=O)O)CC4)cc3)cc2C1=O.